The summed E-state index contributed by atoms with van der Waals surface area (Å²) in [7, 11) is 0. The molecular formula is C14H19BrN2O. The molecule has 1 fully saturated rings. The Labute approximate surface area is 117 Å². The number of piperazine rings is 1. The van der Waals surface area contributed by atoms with Crippen LogP contribution in [0.1, 0.15) is 18.4 Å². The fraction of sp³-hybridized carbons (Fsp3) is 0.500. The fourth-order valence-electron chi connectivity index (χ4n) is 2.21. The highest BCUT2D eigenvalue weighted by molar-refractivity contribution is 9.10. The van der Waals surface area contributed by atoms with Gasteiger partial charge in [0.2, 0.25) is 5.91 Å². The van der Waals surface area contributed by atoms with Crippen LogP contribution in [0.4, 0.5) is 0 Å². The minimum Gasteiger partial charge on any atom is -0.340 e. The number of benzene rings is 1. The number of nitrogens with zero attached hydrogens (tertiary/aromatic N) is 1. The second-order valence-electron chi connectivity index (χ2n) is 4.61. The standard InChI is InChI=1S/C14H19BrN2O/c15-13-5-1-3-12(11-13)4-2-6-14(18)17-9-7-16-8-10-17/h1,3,5,11,16H,2,4,6-10H2. The molecule has 1 saturated heterocycles. The lowest BCUT2D eigenvalue weighted by atomic mass is 10.1. The van der Waals surface area contributed by atoms with E-state index in [9.17, 15) is 4.79 Å². The van der Waals surface area contributed by atoms with Crippen molar-refractivity contribution in [3.05, 3.63) is 34.3 Å². The lowest BCUT2D eigenvalue weighted by Crippen LogP contribution is -2.46. The number of carbonyl (C=O) groups is 1. The van der Waals surface area contributed by atoms with Crippen LogP contribution in [0.15, 0.2) is 28.7 Å². The van der Waals surface area contributed by atoms with E-state index in [1.54, 1.807) is 0 Å². The van der Waals surface area contributed by atoms with Gasteiger partial charge in [0, 0.05) is 37.1 Å². The van der Waals surface area contributed by atoms with Crippen LogP contribution in [-0.4, -0.2) is 37.0 Å². The molecule has 1 aliphatic rings. The number of hydrogen-bond acceptors (Lipinski definition) is 2. The fourth-order valence-corrected chi connectivity index (χ4v) is 2.66. The van der Waals surface area contributed by atoms with Crippen LogP contribution in [0.5, 0.6) is 0 Å². The lowest BCUT2D eigenvalue weighted by Gasteiger charge is -2.27. The summed E-state index contributed by atoms with van der Waals surface area (Å²) >= 11 is 3.46. The molecular weight excluding hydrogens is 292 g/mol. The number of carbonyl (C=O) groups excluding carboxylic acids is 1. The molecule has 1 aromatic carbocycles. The van der Waals surface area contributed by atoms with Crippen LogP contribution in [-0.2, 0) is 11.2 Å². The van der Waals surface area contributed by atoms with Crippen molar-refractivity contribution in [2.75, 3.05) is 26.2 Å². The Morgan fingerprint density at radius 2 is 2.11 bits per heavy atom. The van der Waals surface area contributed by atoms with E-state index in [1.807, 2.05) is 17.0 Å². The highest BCUT2D eigenvalue weighted by Crippen LogP contribution is 2.14. The number of aryl methyl sites for hydroxylation is 1. The molecule has 4 heteroatoms. The van der Waals surface area contributed by atoms with Crippen molar-refractivity contribution in [2.45, 2.75) is 19.3 Å². The average molecular weight is 311 g/mol. The predicted molar refractivity (Wildman–Crippen MR) is 76.5 cm³/mol. The Morgan fingerprint density at radius 3 is 2.83 bits per heavy atom. The Balaban J connectivity index is 1.73. The molecule has 0 saturated carbocycles. The molecule has 3 nitrogen and oxygen atoms in total. The molecule has 0 aromatic heterocycles. The number of rotatable bonds is 4. The Kier molecular flexibility index (Phi) is 5.20. The van der Waals surface area contributed by atoms with Gasteiger partial charge >= 0.3 is 0 Å². The summed E-state index contributed by atoms with van der Waals surface area (Å²) in [5.41, 5.74) is 1.29. The maximum Gasteiger partial charge on any atom is 0.222 e. The maximum absolute atomic E-state index is 11.9. The Bertz CT molecular complexity index is 403. The second kappa shape index (κ2) is 6.90. The molecule has 0 aliphatic carbocycles. The van der Waals surface area contributed by atoms with E-state index in [0.717, 1.165) is 43.5 Å². The van der Waals surface area contributed by atoms with Gasteiger partial charge in [0.1, 0.15) is 0 Å². The van der Waals surface area contributed by atoms with E-state index in [0.29, 0.717) is 12.3 Å². The van der Waals surface area contributed by atoms with Gasteiger partial charge in [-0.05, 0) is 30.5 Å². The summed E-state index contributed by atoms with van der Waals surface area (Å²) in [6.07, 6.45) is 2.56. The molecule has 1 aromatic rings. The van der Waals surface area contributed by atoms with Gasteiger partial charge in [-0.25, -0.2) is 0 Å². The normalized spacial score (nSPS) is 15.7. The summed E-state index contributed by atoms with van der Waals surface area (Å²) in [5, 5.41) is 3.26. The van der Waals surface area contributed by atoms with Gasteiger partial charge in [-0.15, -0.1) is 0 Å². The highest BCUT2D eigenvalue weighted by atomic mass is 79.9. The van der Waals surface area contributed by atoms with Crippen molar-refractivity contribution in [1.29, 1.82) is 0 Å². The van der Waals surface area contributed by atoms with Crippen LogP contribution in [0, 0.1) is 0 Å². The maximum atomic E-state index is 11.9. The van der Waals surface area contributed by atoms with Crippen molar-refractivity contribution in [3.63, 3.8) is 0 Å². The summed E-state index contributed by atoms with van der Waals surface area (Å²) in [4.78, 5) is 13.9. The van der Waals surface area contributed by atoms with E-state index in [2.05, 4.69) is 33.4 Å². The number of halogens is 1. The molecule has 1 amide bonds. The molecule has 98 valence electrons. The van der Waals surface area contributed by atoms with Crippen LogP contribution >= 0.6 is 15.9 Å². The van der Waals surface area contributed by atoms with E-state index in [1.165, 1.54) is 5.56 Å². The smallest absolute Gasteiger partial charge is 0.222 e. The van der Waals surface area contributed by atoms with Crippen molar-refractivity contribution >= 4 is 21.8 Å². The van der Waals surface area contributed by atoms with Gasteiger partial charge in [0.25, 0.3) is 0 Å². The number of hydrogen-bond donors (Lipinski definition) is 1. The zero-order valence-electron chi connectivity index (χ0n) is 10.5. The van der Waals surface area contributed by atoms with Crippen LogP contribution < -0.4 is 5.32 Å². The number of nitrogens with one attached hydrogen (secondary N) is 1. The minimum atomic E-state index is 0.298. The molecule has 0 atom stereocenters. The van der Waals surface area contributed by atoms with E-state index >= 15 is 0 Å². The molecule has 1 aliphatic heterocycles. The van der Waals surface area contributed by atoms with Crippen LogP contribution in [0.25, 0.3) is 0 Å². The molecule has 0 radical (unpaired) electrons. The zero-order valence-corrected chi connectivity index (χ0v) is 12.1. The number of amides is 1. The van der Waals surface area contributed by atoms with Gasteiger partial charge in [0.05, 0.1) is 0 Å². The molecule has 0 spiro atoms. The van der Waals surface area contributed by atoms with Crippen molar-refractivity contribution in [3.8, 4) is 0 Å². The quantitative estimate of drug-likeness (QED) is 0.924. The second-order valence-corrected chi connectivity index (χ2v) is 5.53. The predicted octanol–water partition coefficient (Wildman–Crippen LogP) is 2.20. The molecule has 0 bridgehead atoms. The third kappa shape index (κ3) is 4.10. The molecule has 2 rings (SSSR count). The largest absolute Gasteiger partial charge is 0.340 e. The third-order valence-corrected chi connectivity index (χ3v) is 3.71. The van der Waals surface area contributed by atoms with E-state index in [-0.39, 0.29) is 0 Å². The molecule has 1 N–H and O–H groups in total. The molecule has 1 heterocycles. The highest BCUT2D eigenvalue weighted by Gasteiger charge is 2.15. The molecule has 18 heavy (non-hydrogen) atoms. The van der Waals surface area contributed by atoms with Crippen LogP contribution in [0.2, 0.25) is 0 Å². The van der Waals surface area contributed by atoms with Gasteiger partial charge in [-0.2, -0.15) is 0 Å². The van der Waals surface area contributed by atoms with Gasteiger partial charge in [-0.1, -0.05) is 28.1 Å². The molecule has 0 unspecified atom stereocenters. The van der Waals surface area contributed by atoms with Crippen molar-refractivity contribution in [1.82, 2.24) is 10.2 Å². The first-order valence-corrected chi connectivity index (χ1v) is 7.28. The first kappa shape index (κ1) is 13.6. The minimum absolute atomic E-state index is 0.298. The van der Waals surface area contributed by atoms with E-state index < -0.39 is 0 Å². The summed E-state index contributed by atoms with van der Waals surface area (Å²) in [6, 6.07) is 8.29. The van der Waals surface area contributed by atoms with Crippen molar-refractivity contribution < 1.29 is 4.79 Å². The zero-order chi connectivity index (χ0) is 12.8. The SMILES string of the molecule is O=C(CCCc1cccc(Br)c1)N1CCNCC1. The topological polar surface area (TPSA) is 32.3 Å². The summed E-state index contributed by atoms with van der Waals surface area (Å²) in [6.45, 7) is 3.57. The Morgan fingerprint density at radius 1 is 1.33 bits per heavy atom. The first-order chi connectivity index (χ1) is 8.75. The van der Waals surface area contributed by atoms with Gasteiger partial charge < -0.3 is 10.2 Å². The first-order valence-electron chi connectivity index (χ1n) is 6.48. The lowest BCUT2D eigenvalue weighted by molar-refractivity contribution is -0.131. The van der Waals surface area contributed by atoms with Crippen molar-refractivity contribution in [2.24, 2.45) is 0 Å². The third-order valence-electron chi connectivity index (χ3n) is 3.21. The summed E-state index contributed by atoms with van der Waals surface area (Å²) < 4.78 is 1.11. The summed E-state index contributed by atoms with van der Waals surface area (Å²) in [5.74, 6) is 0.298. The Hall–Kier alpha value is -0.870. The van der Waals surface area contributed by atoms with E-state index in [4.69, 9.17) is 0 Å². The van der Waals surface area contributed by atoms with Gasteiger partial charge in [-0.3, -0.25) is 4.79 Å². The average Bonchev–Trinajstić information content (AvgIpc) is 2.40. The monoisotopic (exact) mass is 310 g/mol. The van der Waals surface area contributed by atoms with Gasteiger partial charge in [0.15, 0.2) is 0 Å². The van der Waals surface area contributed by atoms with Crippen LogP contribution in [0.3, 0.4) is 0 Å².